The maximum atomic E-state index is 12.7. The SMILES string of the molecule is Cc1cc(Cn2cc(CCO)c(C(F)(F)F)n2)no1. The summed E-state index contributed by atoms with van der Waals surface area (Å²) in [4.78, 5) is 0. The van der Waals surface area contributed by atoms with Gasteiger partial charge >= 0.3 is 6.18 Å². The number of aliphatic hydroxyl groups is 1. The zero-order valence-electron chi connectivity index (χ0n) is 10.1. The Morgan fingerprint density at radius 1 is 1.42 bits per heavy atom. The number of nitrogens with zero attached hydrogens (tertiary/aromatic N) is 3. The van der Waals surface area contributed by atoms with Crippen molar-refractivity contribution < 1.29 is 22.8 Å². The first-order valence-electron chi connectivity index (χ1n) is 5.56. The summed E-state index contributed by atoms with van der Waals surface area (Å²) in [6, 6.07) is 1.63. The molecule has 2 heterocycles. The minimum atomic E-state index is -4.53. The Hall–Kier alpha value is -1.83. The molecule has 0 radical (unpaired) electrons. The van der Waals surface area contributed by atoms with Crippen LogP contribution in [-0.2, 0) is 19.1 Å². The molecule has 2 aromatic heterocycles. The number of aryl methyl sites for hydroxylation is 1. The Morgan fingerprint density at radius 2 is 2.16 bits per heavy atom. The van der Waals surface area contributed by atoms with Gasteiger partial charge in [0, 0.05) is 24.4 Å². The van der Waals surface area contributed by atoms with Gasteiger partial charge in [-0.15, -0.1) is 0 Å². The summed E-state index contributed by atoms with van der Waals surface area (Å²) in [7, 11) is 0. The molecule has 0 fully saturated rings. The van der Waals surface area contributed by atoms with Crippen molar-refractivity contribution in [3.05, 3.63) is 35.0 Å². The standard InChI is InChI=1S/C11H12F3N3O2/c1-7-4-9(16-19-7)6-17-5-8(2-3-18)10(15-17)11(12,13)14/h4-5,18H,2-3,6H2,1H3. The highest BCUT2D eigenvalue weighted by molar-refractivity contribution is 5.21. The summed E-state index contributed by atoms with van der Waals surface area (Å²) in [6.45, 7) is 1.42. The van der Waals surface area contributed by atoms with Crippen molar-refractivity contribution in [1.29, 1.82) is 0 Å². The molecular formula is C11H12F3N3O2. The fourth-order valence-corrected chi connectivity index (χ4v) is 1.74. The molecule has 0 aliphatic carbocycles. The van der Waals surface area contributed by atoms with E-state index in [1.165, 1.54) is 6.20 Å². The van der Waals surface area contributed by atoms with E-state index in [9.17, 15) is 13.2 Å². The van der Waals surface area contributed by atoms with Crippen LogP contribution in [-0.4, -0.2) is 26.7 Å². The third-order valence-electron chi connectivity index (χ3n) is 2.49. The van der Waals surface area contributed by atoms with Crippen LogP contribution in [0.5, 0.6) is 0 Å². The van der Waals surface area contributed by atoms with Gasteiger partial charge in [0.25, 0.3) is 0 Å². The molecule has 0 amide bonds. The zero-order chi connectivity index (χ0) is 14.0. The lowest BCUT2D eigenvalue weighted by Crippen LogP contribution is -2.11. The highest BCUT2D eigenvalue weighted by Gasteiger charge is 2.36. The van der Waals surface area contributed by atoms with E-state index in [2.05, 4.69) is 10.3 Å². The lowest BCUT2D eigenvalue weighted by molar-refractivity contribution is -0.142. The van der Waals surface area contributed by atoms with Gasteiger partial charge in [-0.25, -0.2) is 0 Å². The molecule has 104 valence electrons. The average molecular weight is 275 g/mol. The molecule has 8 heteroatoms. The van der Waals surface area contributed by atoms with E-state index >= 15 is 0 Å². The number of halogens is 3. The molecule has 2 rings (SSSR count). The topological polar surface area (TPSA) is 64.1 Å². The highest BCUT2D eigenvalue weighted by atomic mass is 19.4. The van der Waals surface area contributed by atoms with Crippen molar-refractivity contribution in [2.45, 2.75) is 26.1 Å². The maximum Gasteiger partial charge on any atom is 0.435 e. The second kappa shape index (κ2) is 5.04. The first-order valence-corrected chi connectivity index (χ1v) is 5.56. The van der Waals surface area contributed by atoms with Gasteiger partial charge in [0.05, 0.1) is 6.54 Å². The number of aromatic nitrogens is 3. The largest absolute Gasteiger partial charge is 0.435 e. The molecule has 0 saturated heterocycles. The maximum absolute atomic E-state index is 12.7. The normalized spacial score (nSPS) is 12.1. The minimum absolute atomic E-state index is 0.0322. The Labute approximate surface area is 106 Å². The number of aliphatic hydroxyl groups excluding tert-OH is 1. The summed E-state index contributed by atoms with van der Waals surface area (Å²) in [5.41, 5.74) is -0.513. The molecule has 1 N–H and O–H groups in total. The molecule has 19 heavy (non-hydrogen) atoms. The van der Waals surface area contributed by atoms with Gasteiger partial charge in [-0.3, -0.25) is 4.68 Å². The van der Waals surface area contributed by atoms with Gasteiger partial charge in [-0.2, -0.15) is 18.3 Å². The van der Waals surface area contributed by atoms with Crippen LogP contribution in [0.4, 0.5) is 13.2 Å². The van der Waals surface area contributed by atoms with Gasteiger partial charge in [0.1, 0.15) is 11.5 Å². The number of rotatable bonds is 4. The van der Waals surface area contributed by atoms with E-state index in [1.807, 2.05) is 0 Å². The first-order chi connectivity index (χ1) is 8.90. The van der Waals surface area contributed by atoms with Crippen LogP contribution >= 0.6 is 0 Å². The summed E-state index contributed by atoms with van der Waals surface area (Å²) < 4.78 is 44.2. The number of hydrogen-bond donors (Lipinski definition) is 1. The van der Waals surface area contributed by atoms with Gasteiger partial charge in [-0.1, -0.05) is 5.16 Å². The Balaban J connectivity index is 2.27. The summed E-state index contributed by atoms with van der Waals surface area (Å²) in [5, 5.41) is 16.0. The predicted molar refractivity (Wildman–Crippen MR) is 58.4 cm³/mol. The molecule has 0 saturated carbocycles. The highest BCUT2D eigenvalue weighted by Crippen LogP contribution is 2.31. The van der Waals surface area contributed by atoms with Crippen molar-refractivity contribution in [3.8, 4) is 0 Å². The lowest BCUT2D eigenvalue weighted by Gasteiger charge is -2.04. The molecule has 0 aliphatic rings. The van der Waals surface area contributed by atoms with Crippen molar-refractivity contribution >= 4 is 0 Å². The lowest BCUT2D eigenvalue weighted by atomic mass is 10.2. The van der Waals surface area contributed by atoms with Gasteiger partial charge in [-0.05, 0) is 13.3 Å². The van der Waals surface area contributed by atoms with Gasteiger partial charge in [0.2, 0.25) is 0 Å². The van der Waals surface area contributed by atoms with Gasteiger partial charge in [0.15, 0.2) is 5.69 Å². The summed E-state index contributed by atoms with van der Waals surface area (Å²) >= 11 is 0. The van der Waals surface area contributed by atoms with Crippen LogP contribution in [0.3, 0.4) is 0 Å². The van der Waals surface area contributed by atoms with Crippen LogP contribution in [0.2, 0.25) is 0 Å². The molecule has 0 aliphatic heterocycles. The Kier molecular flexibility index (Phi) is 3.61. The minimum Gasteiger partial charge on any atom is -0.396 e. The van der Waals surface area contributed by atoms with Crippen LogP contribution in [0.25, 0.3) is 0 Å². The third-order valence-corrected chi connectivity index (χ3v) is 2.49. The van der Waals surface area contributed by atoms with E-state index in [0.717, 1.165) is 4.68 Å². The van der Waals surface area contributed by atoms with E-state index in [-0.39, 0.29) is 25.1 Å². The molecule has 0 spiro atoms. The molecule has 0 atom stereocenters. The van der Waals surface area contributed by atoms with E-state index in [1.54, 1.807) is 13.0 Å². The second-order valence-corrected chi connectivity index (χ2v) is 4.10. The third kappa shape index (κ3) is 3.14. The quantitative estimate of drug-likeness (QED) is 0.923. The smallest absolute Gasteiger partial charge is 0.396 e. The molecule has 0 unspecified atom stereocenters. The summed E-state index contributed by atoms with van der Waals surface area (Å²) in [6.07, 6.45) is -3.36. The average Bonchev–Trinajstić information content (AvgIpc) is 2.86. The van der Waals surface area contributed by atoms with E-state index < -0.39 is 11.9 Å². The Morgan fingerprint density at radius 3 is 2.68 bits per heavy atom. The molecule has 0 bridgehead atoms. The fraction of sp³-hybridized carbons (Fsp3) is 0.455. The molecular weight excluding hydrogens is 263 g/mol. The van der Waals surface area contributed by atoms with Crippen molar-refractivity contribution in [2.24, 2.45) is 0 Å². The molecule has 2 aromatic rings. The molecule has 0 aromatic carbocycles. The van der Waals surface area contributed by atoms with Gasteiger partial charge < -0.3 is 9.63 Å². The molecule has 5 nitrogen and oxygen atoms in total. The van der Waals surface area contributed by atoms with Crippen LogP contribution < -0.4 is 0 Å². The monoisotopic (exact) mass is 275 g/mol. The second-order valence-electron chi connectivity index (χ2n) is 4.10. The first kappa shape index (κ1) is 13.6. The van der Waals surface area contributed by atoms with Crippen LogP contribution in [0.15, 0.2) is 16.8 Å². The summed E-state index contributed by atoms with van der Waals surface area (Å²) in [5.74, 6) is 0.578. The number of hydrogen-bond acceptors (Lipinski definition) is 4. The van der Waals surface area contributed by atoms with Crippen LogP contribution in [0, 0.1) is 6.92 Å². The van der Waals surface area contributed by atoms with Crippen LogP contribution in [0.1, 0.15) is 22.7 Å². The van der Waals surface area contributed by atoms with Crippen molar-refractivity contribution in [3.63, 3.8) is 0 Å². The Bertz CT molecular complexity index is 560. The predicted octanol–water partition coefficient (Wildman–Crippen LogP) is 1.78. The fourth-order valence-electron chi connectivity index (χ4n) is 1.74. The van der Waals surface area contributed by atoms with E-state index in [4.69, 9.17) is 9.63 Å². The zero-order valence-corrected chi connectivity index (χ0v) is 10.1. The number of alkyl halides is 3. The van der Waals surface area contributed by atoms with Crippen molar-refractivity contribution in [1.82, 2.24) is 14.9 Å². The van der Waals surface area contributed by atoms with E-state index in [0.29, 0.717) is 11.5 Å². The van der Waals surface area contributed by atoms with Crippen molar-refractivity contribution in [2.75, 3.05) is 6.61 Å².